The van der Waals surface area contributed by atoms with Crippen LogP contribution in [0.2, 0.25) is 0 Å². The zero-order valence-corrected chi connectivity index (χ0v) is 12.9. The minimum atomic E-state index is 0.262. The Labute approximate surface area is 120 Å². The van der Waals surface area contributed by atoms with E-state index in [0.29, 0.717) is 5.92 Å². The number of benzene rings is 1. The Bertz CT molecular complexity index is 376. The first-order chi connectivity index (χ1) is 8.22. The number of hydrogen-bond donors (Lipinski definition) is 2. The normalized spacial score (nSPS) is 19.2. The van der Waals surface area contributed by atoms with Crippen molar-refractivity contribution < 1.29 is 0 Å². The molecule has 0 saturated heterocycles. The van der Waals surface area contributed by atoms with Gasteiger partial charge in [-0.15, -0.1) is 0 Å². The van der Waals surface area contributed by atoms with Crippen LogP contribution >= 0.6 is 31.9 Å². The van der Waals surface area contributed by atoms with Crippen LogP contribution in [0, 0.1) is 5.92 Å². The molecule has 2 rings (SSSR count). The average Bonchev–Trinajstić information content (AvgIpc) is 2.34. The summed E-state index contributed by atoms with van der Waals surface area (Å²) in [5.74, 6) is 6.42. The van der Waals surface area contributed by atoms with E-state index < -0.39 is 0 Å². The molecule has 1 aromatic carbocycles. The maximum atomic E-state index is 5.76. The van der Waals surface area contributed by atoms with Crippen LogP contribution in [0.1, 0.15) is 43.7 Å². The van der Waals surface area contributed by atoms with Gasteiger partial charge in [0.1, 0.15) is 0 Å². The quantitative estimate of drug-likeness (QED) is 0.622. The highest BCUT2D eigenvalue weighted by molar-refractivity contribution is 9.11. The molecule has 94 valence electrons. The first-order valence-corrected chi connectivity index (χ1v) is 7.72. The molecule has 0 heterocycles. The van der Waals surface area contributed by atoms with E-state index in [2.05, 4.69) is 55.5 Å². The molecule has 2 nitrogen and oxygen atoms in total. The zero-order chi connectivity index (χ0) is 12.3. The molecular weight excluding hydrogens is 344 g/mol. The molecule has 1 aromatic rings. The van der Waals surface area contributed by atoms with E-state index in [1.54, 1.807) is 0 Å². The number of nitrogens with two attached hydrogens (primary N) is 1. The lowest BCUT2D eigenvalue weighted by Crippen LogP contribution is -2.34. The van der Waals surface area contributed by atoms with E-state index >= 15 is 0 Å². The summed E-state index contributed by atoms with van der Waals surface area (Å²) in [6, 6.07) is 6.57. The van der Waals surface area contributed by atoms with Crippen LogP contribution in [0.25, 0.3) is 0 Å². The molecule has 4 heteroatoms. The average molecular weight is 362 g/mol. The number of rotatable bonds is 3. The van der Waals surface area contributed by atoms with Gasteiger partial charge in [0.2, 0.25) is 0 Å². The van der Waals surface area contributed by atoms with Gasteiger partial charge in [0.25, 0.3) is 0 Å². The summed E-state index contributed by atoms with van der Waals surface area (Å²) in [6.45, 7) is 0. The second-order valence-corrected chi connectivity index (χ2v) is 6.48. The van der Waals surface area contributed by atoms with Crippen molar-refractivity contribution in [2.24, 2.45) is 11.8 Å². The Morgan fingerprint density at radius 1 is 1.18 bits per heavy atom. The van der Waals surface area contributed by atoms with E-state index in [4.69, 9.17) is 5.84 Å². The third-order valence-electron chi connectivity index (χ3n) is 3.60. The molecule has 1 unspecified atom stereocenters. The van der Waals surface area contributed by atoms with Crippen LogP contribution < -0.4 is 11.3 Å². The van der Waals surface area contributed by atoms with Gasteiger partial charge in [0, 0.05) is 15.0 Å². The van der Waals surface area contributed by atoms with Crippen molar-refractivity contribution in [2.75, 3.05) is 0 Å². The Kier molecular flexibility index (Phi) is 5.03. The largest absolute Gasteiger partial charge is 0.271 e. The van der Waals surface area contributed by atoms with E-state index in [-0.39, 0.29) is 6.04 Å². The summed E-state index contributed by atoms with van der Waals surface area (Å²) < 4.78 is 2.22. The van der Waals surface area contributed by atoms with Crippen molar-refractivity contribution in [1.82, 2.24) is 5.43 Å². The lowest BCUT2D eigenvalue weighted by molar-refractivity contribution is 0.273. The predicted octanol–water partition coefficient (Wildman–Crippen LogP) is 4.30. The molecule has 17 heavy (non-hydrogen) atoms. The van der Waals surface area contributed by atoms with E-state index in [0.717, 1.165) is 8.95 Å². The Morgan fingerprint density at radius 2 is 1.88 bits per heavy atom. The second kappa shape index (κ2) is 6.32. The highest BCUT2D eigenvalue weighted by atomic mass is 79.9. The third-order valence-corrected chi connectivity index (χ3v) is 4.78. The maximum absolute atomic E-state index is 5.76. The summed E-state index contributed by atoms with van der Waals surface area (Å²) in [4.78, 5) is 0. The lowest BCUT2D eigenvalue weighted by Gasteiger charge is -2.30. The molecule has 1 aliphatic carbocycles. The lowest BCUT2D eigenvalue weighted by atomic mass is 9.81. The van der Waals surface area contributed by atoms with Gasteiger partial charge in [-0.25, -0.2) is 0 Å². The minimum Gasteiger partial charge on any atom is -0.271 e. The summed E-state index contributed by atoms with van der Waals surface area (Å²) in [5, 5.41) is 0. The van der Waals surface area contributed by atoms with Crippen molar-refractivity contribution in [1.29, 1.82) is 0 Å². The summed E-state index contributed by atoms with van der Waals surface area (Å²) in [7, 11) is 0. The van der Waals surface area contributed by atoms with Crippen LogP contribution in [-0.2, 0) is 0 Å². The van der Waals surface area contributed by atoms with Crippen LogP contribution in [0.15, 0.2) is 27.1 Å². The van der Waals surface area contributed by atoms with E-state index in [1.165, 1.54) is 37.7 Å². The molecule has 0 aliphatic heterocycles. The highest BCUT2D eigenvalue weighted by Crippen LogP contribution is 2.37. The monoisotopic (exact) mass is 360 g/mol. The third kappa shape index (κ3) is 3.31. The van der Waals surface area contributed by atoms with Crippen LogP contribution in [-0.4, -0.2) is 0 Å². The van der Waals surface area contributed by atoms with Crippen molar-refractivity contribution in [3.8, 4) is 0 Å². The molecule has 0 aromatic heterocycles. The van der Waals surface area contributed by atoms with Gasteiger partial charge in [0.15, 0.2) is 0 Å². The van der Waals surface area contributed by atoms with E-state index in [1.807, 2.05) is 0 Å². The van der Waals surface area contributed by atoms with Gasteiger partial charge in [-0.05, 0) is 36.5 Å². The molecule has 0 spiro atoms. The van der Waals surface area contributed by atoms with Crippen molar-refractivity contribution in [3.05, 3.63) is 32.7 Å². The predicted molar refractivity (Wildman–Crippen MR) is 78.5 cm³/mol. The van der Waals surface area contributed by atoms with Crippen LogP contribution in [0.5, 0.6) is 0 Å². The molecule has 1 atom stereocenters. The fourth-order valence-electron chi connectivity index (χ4n) is 2.70. The van der Waals surface area contributed by atoms with Crippen molar-refractivity contribution in [3.63, 3.8) is 0 Å². The summed E-state index contributed by atoms with van der Waals surface area (Å²) in [5.41, 5.74) is 4.27. The van der Waals surface area contributed by atoms with Gasteiger partial charge in [0.05, 0.1) is 0 Å². The highest BCUT2D eigenvalue weighted by Gasteiger charge is 2.25. The van der Waals surface area contributed by atoms with Gasteiger partial charge < -0.3 is 0 Å². The molecule has 0 bridgehead atoms. The van der Waals surface area contributed by atoms with Crippen molar-refractivity contribution >= 4 is 31.9 Å². The number of hydrogen-bond acceptors (Lipinski definition) is 2. The first kappa shape index (κ1) is 13.5. The fourth-order valence-corrected chi connectivity index (χ4v) is 3.99. The number of halogens is 2. The fraction of sp³-hybridized carbons (Fsp3) is 0.538. The molecular formula is C13H18Br2N2. The SMILES string of the molecule is NNC(c1ccc(Br)cc1Br)C1CCCCC1. The smallest absolute Gasteiger partial charge is 0.0499 e. The van der Waals surface area contributed by atoms with Crippen molar-refractivity contribution in [2.45, 2.75) is 38.1 Å². The second-order valence-electron chi connectivity index (χ2n) is 4.71. The van der Waals surface area contributed by atoms with Gasteiger partial charge in [-0.2, -0.15) is 0 Å². The van der Waals surface area contributed by atoms with Gasteiger partial charge in [-0.1, -0.05) is 57.2 Å². The van der Waals surface area contributed by atoms with Gasteiger partial charge >= 0.3 is 0 Å². The zero-order valence-electron chi connectivity index (χ0n) is 9.76. The number of hydrazine groups is 1. The Morgan fingerprint density at radius 3 is 2.47 bits per heavy atom. The molecule has 1 aliphatic rings. The first-order valence-electron chi connectivity index (χ1n) is 6.13. The topological polar surface area (TPSA) is 38.0 Å². The standard InChI is InChI=1S/C13H18Br2N2/c14-10-6-7-11(12(15)8-10)13(17-16)9-4-2-1-3-5-9/h6-9,13,17H,1-5,16H2. The number of nitrogens with one attached hydrogen (secondary N) is 1. The molecule has 0 radical (unpaired) electrons. The maximum Gasteiger partial charge on any atom is 0.0499 e. The summed E-state index contributed by atoms with van der Waals surface area (Å²) in [6.07, 6.45) is 6.58. The molecule has 1 saturated carbocycles. The minimum absolute atomic E-state index is 0.262. The van der Waals surface area contributed by atoms with Crippen LogP contribution in [0.3, 0.4) is 0 Å². The molecule has 1 fully saturated rings. The van der Waals surface area contributed by atoms with Crippen LogP contribution in [0.4, 0.5) is 0 Å². The Hall–Kier alpha value is 0.1000. The molecule has 3 N–H and O–H groups in total. The molecule has 0 amide bonds. The van der Waals surface area contributed by atoms with E-state index in [9.17, 15) is 0 Å². The summed E-state index contributed by atoms with van der Waals surface area (Å²) >= 11 is 7.11. The van der Waals surface area contributed by atoms with Gasteiger partial charge in [-0.3, -0.25) is 11.3 Å². The Balaban J connectivity index is 2.21.